The smallest absolute Gasteiger partial charge is 0.275 e. The van der Waals surface area contributed by atoms with Gasteiger partial charge in [0.2, 0.25) is 0 Å². The first-order valence-corrected chi connectivity index (χ1v) is 8.96. The van der Waals surface area contributed by atoms with Gasteiger partial charge in [0.25, 0.3) is 11.5 Å². The third kappa shape index (κ3) is 2.44. The van der Waals surface area contributed by atoms with E-state index in [0.29, 0.717) is 23.0 Å². The molecule has 0 saturated carbocycles. The third-order valence-corrected chi connectivity index (χ3v) is 5.12. The Balaban J connectivity index is 1.85. The molecule has 3 heterocycles. The third-order valence-electron chi connectivity index (χ3n) is 5.12. The Labute approximate surface area is 151 Å². The van der Waals surface area contributed by atoms with Gasteiger partial charge in [-0.2, -0.15) is 5.10 Å². The van der Waals surface area contributed by atoms with E-state index in [2.05, 4.69) is 9.67 Å². The monoisotopic (exact) mass is 350 g/mol. The van der Waals surface area contributed by atoms with E-state index < -0.39 is 0 Å². The van der Waals surface area contributed by atoms with Crippen molar-refractivity contribution in [1.29, 1.82) is 0 Å². The number of aromatic nitrogens is 3. The summed E-state index contributed by atoms with van der Waals surface area (Å²) in [4.78, 5) is 27.9. The summed E-state index contributed by atoms with van der Waals surface area (Å²) in [5.74, 6) is -0.129. The highest BCUT2D eigenvalue weighted by Gasteiger charge is 2.30. The summed E-state index contributed by atoms with van der Waals surface area (Å²) >= 11 is 0. The number of amides is 1. The van der Waals surface area contributed by atoms with Gasteiger partial charge in [-0.1, -0.05) is 18.2 Å². The van der Waals surface area contributed by atoms with Crippen LogP contribution < -0.4 is 5.56 Å². The predicted molar refractivity (Wildman–Crippen MR) is 100 cm³/mol. The highest BCUT2D eigenvalue weighted by molar-refractivity contribution is 6.05. The fourth-order valence-electron chi connectivity index (χ4n) is 3.71. The van der Waals surface area contributed by atoms with Crippen molar-refractivity contribution in [1.82, 2.24) is 19.2 Å². The van der Waals surface area contributed by atoms with Crippen LogP contribution in [0, 0.1) is 0 Å². The highest BCUT2D eigenvalue weighted by atomic mass is 16.2. The molecule has 6 nitrogen and oxygen atoms in total. The molecule has 3 aromatic rings. The maximum atomic E-state index is 13.4. The Morgan fingerprint density at radius 3 is 2.58 bits per heavy atom. The van der Waals surface area contributed by atoms with E-state index in [1.54, 1.807) is 12.1 Å². The molecule has 0 fully saturated rings. The zero-order chi connectivity index (χ0) is 18.4. The zero-order valence-electron chi connectivity index (χ0n) is 15.2. The largest absolute Gasteiger partial charge is 0.348 e. The van der Waals surface area contributed by atoms with Crippen LogP contribution in [-0.2, 0) is 6.54 Å². The lowest BCUT2D eigenvalue weighted by atomic mass is 10.1. The van der Waals surface area contributed by atoms with E-state index in [0.717, 1.165) is 12.2 Å². The number of carbonyl (C=O) groups excluding carboxylic acids is 1. The van der Waals surface area contributed by atoms with Gasteiger partial charge in [0.1, 0.15) is 0 Å². The molecule has 0 radical (unpaired) electrons. The van der Waals surface area contributed by atoms with Crippen LogP contribution in [-0.4, -0.2) is 31.7 Å². The van der Waals surface area contributed by atoms with E-state index >= 15 is 0 Å². The lowest BCUT2D eigenvalue weighted by Gasteiger charge is -2.35. The Hall–Kier alpha value is -2.89. The molecule has 0 N–H and O–H groups in total. The number of fused-ring (bicyclic) bond motifs is 2. The van der Waals surface area contributed by atoms with Crippen LogP contribution in [0.3, 0.4) is 0 Å². The zero-order valence-corrected chi connectivity index (χ0v) is 15.2. The Morgan fingerprint density at radius 1 is 1.12 bits per heavy atom. The molecule has 26 heavy (non-hydrogen) atoms. The Kier molecular flexibility index (Phi) is 3.90. The highest BCUT2D eigenvalue weighted by Crippen LogP contribution is 2.28. The van der Waals surface area contributed by atoms with Crippen LogP contribution in [0.15, 0.2) is 47.4 Å². The number of rotatable bonds is 2. The van der Waals surface area contributed by atoms with Gasteiger partial charge in [-0.15, -0.1) is 0 Å². The second kappa shape index (κ2) is 6.12. The van der Waals surface area contributed by atoms with Gasteiger partial charge in [0.05, 0.1) is 17.5 Å². The van der Waals surface area contributed by atoms with E-state index in [4.69, 9.17) is 0 Å². The molecule has 2 aromatic heterocycles. The van der Waals surface area contributed by atoms with Crippen molar-refractivity contribution >= 4 is 16.7 Å². The molecule has 0 bridgehead atoms. The van der Waals surface area contributed by atoms with Gasteiger partial charge < -0.3 is 9.47 Å². The SMILES string of the molecule is CC1c2cccn2CCN1C(=O)c1nn(C(C)C)c(=O)c2ccccc12. The maximum absolute atomic E-state index is 13.4. The fraction of sp³-hybridized carbons (Fsp3) is 0.350. The number of hydrogen-bond donors (Lipinski definition) is 0. The van der Waals surface area contributed by atoms with Crippen LogP contribution in [0.25, 0.3) is 10.8 Å². The lowest BCUT2D eigenvalue weighted by Crippen LogP contribution is -2.42. The van der Waals surface area contributed by atoms with Crippen molar-refractivity contribution in [2.75, 3.05) is 6.54 Å². The van der Waals surface area contributed by atoms with Crippen LogP contribution in [0.2, 0.25) is 0 Å². The number of hydrogen-bond acceptors (Lipinski definition) is 3. The van der Waals surface area contributed by atoms with Crippen LogP contribution >= 0.6 is 0 Å². The summed E-state index contributed by atoms with van der Waals surface area (Å²) in [5.41, 5.74) is 1.31. The lowest BCUT2D eigenvalue weighted by molar-refractivity contribution is 0.0637. The van der Waals surface area contributed by atoms with Crippen molar-refractivity contribution in [2.45, 2.75) is 39.4 Å². The summed E-state index contributed by atoms with van der Waals surface area (Å²) in [6.45, 7) is 7.21. The van der Waals surface area contributed by atoms with Crippen molar-refractivity contribution < 1.29 is 4.79 Å². The second-order valence-corrected chi connectivity index (χ2v) is 7.04. The average Bonchev–Trinajstić information content (AvgIpc) is 3.11. The minimum atomic E-state index is -0.160. The standard InChI is InChI=1S/C20H22N4O2/c1-13(2)24-19(25)16-8-5-4-7-15(16)18(21-24)20(26)23-12-11-22-10-6-9-17(22)14(23)3/h4-10,13-14H,11-12H2,1-3H3. The van der Waals surface area contributed by atoms with Gasteiger partial charge >= 0.3 is 0 Å². The van der Waals surface area contributed by atoms with E-state index in [1.807, 2.05) is 56.1 Å². The summed E-state index contributed by atoms with van der Waals surface area (Å²) in [6, 6.07) is 11.1. The van der Waals surface area contributed by atoms with Crippen molar-refractivity contribution in [3.8, 4) is 0 Å². The van der Waals surface area contributed by atoms with E-state index in [1.165, 1.54) is 4.68 Å². The molecule has 0 saturated heterocycles. The molecule has 1 aromatic carbocycles. The first kappa shape index (κ1) is 16.6. The van der Waals surface area contributed by atoms with Gasteiger partial charge in [0, 0.05) is 30.4 Å². The summed E-state index contributed by atoms with van der Waals surface area (Å²) in [6.07, 6.45) is 2.04. The first-order chi connectivity index (χ1) is 12.5. The number of benzene rings is 1. The van der Waals surface area contributed by atoms with Crippen LogP contribution in [0.5, 0.6) is 0 Å². The van der Waals surface area contributed by atoms with Gasteiger partial charge in [-0.3, -0.25) is 9.59 Å². The molecule has 0 aliphatic carbocycles. The maximum Gasteiger partial charge on any atom is 0.275 e. The molecule has 1 amide bonds. The van der Waals surface area contributed by atoms with Gasteiger partial charge in [-0.05, 0) is 39.0 Å². The summed E-state index contributed by atoms with van der Waals surface area (Å²) in [5, 5.41) is 5.61. The minimum absolute atomic E-state index is 0.0359. The molecule has 1 unspecified atom stereocenters. The van der Waals surface area contributed by atoms with Gasteiger partial charge in [0.15, 0.2) is 5.69 Å². The molecule has 134 valence electrons. The molecule has 0 spiro atoms. The normalized spacial score (nSPS) is 16.9. The predicted octanol–water partition coefficient (Wildman–Crippen LogP) is 3.00. The van der Waals surface area contributed by atoms with Crippen LogP contribution in [0.1, 0.15) is 49.0 Å². The van der Waals surface area contributed by atoms with Gasteiger partial charge in [-0.25, -0.2) is 4.68 Å². The first-order valence-electron chi connectivity index (χ1n) is 8.96. The Bertz CT molecular complexity index is 1050. The average molecular weight is 350 g/mol. The molecular formula is C20H22N4O2. The van der Waals surface area contributed by atoms with E-state index in [9.17, 15) is 9.59 Å². The number of carbonyl (C=O) groups is 1. The molecule has 1 atom stereocenters. The van der Waals surface area contributed by atoms with E-state index in [-0.39, 0.29) is 23.6 Å². The molecule has 1 aliphatic heterocycles. The molecule has 4 rings (SSSR count). The molecule has 6 heteroatoms. The van der Waals surface area contributed by atoms with Crippen molar-refractivity contribution in [2.24, 2.45) is 0 Å². The van der Waals surface area contributed by atoms with Crippen molar-refractivity contribution in [3.05, 3.63) is 64.3 Å². The minimum Gasteiger partial charge on any atom is -0.348 e. The quantitative estimate of drug-likeness (QED) is 0.714. The van der Waals surface area contributed by atoms with Crippen molar-refractivity contribution in [3.63, 3.8) is 0 Å². The molecule has 1 aliphatic rings. The summed E-state index contributed by atoms with van der Waals surface area (Å²) in [7, 11) is 0. The Morgan fingerprint density at radius 2 is 1.85 bits per heavy atom. The number of nitrogens with zero attached hydrogens (tertiary/aromatic N) is 4. The summed E-state index contributed by atoms with van der Waals surface area (Å²) < 4.78 is 3.59. The topological polar surface area (TPSA) is 60.1 Å². The fourth-order valence-corrected chi connectivity index (χ4v) is 3.71. The second-order valence-electron chi connectivity index (χ2n) is 7.04. The van der Waals surface area contributed by atoms with Crippen LogP contribution in [0.4, 0.5) is 0 Å². The molecular weight excluding hydrogens is 328 g/mol.